The van der Waals surface area contributed by atoms with E-state index in [0.29, 0.717) is 23.1 Å². The third kappa shape index (κ3) is 4.45. The van der Waals surface area contributed by atoms with E-state index >= 15 is 0 Å². The van der Waals surface area contributed by atoms with Crippen LogP contribution in [0.3, 0.4) is 0 Å². The molecule has 0 heterocycles. The highest BCUT2D eigenvalue weighted by atomic mass is 16.5. The van der Waals surface area contributed by atoms with Crippen molar-refractivity contribution in [2.24, 2.45) is 0 Å². The highest BCUT2D eigenvalue weighted by Gasteiger charge is 2.19. The average molecular weight is 286 g/mol. The van der Waals surface area contributed by atoms with Crippen LogP contribution in [0.5, 0.6) is 0 Å². The van der Waals surface area contributed by atoms with Crippen LogP contribution in [0.15, 0.2) is 56.2 Å². The van der Waals surface area contributed by atoms with Crippen molar-refractivity contribution >= 4 is 11.9 Å². The number of hydrogen-bond acceptors (Lipinski definition) is 4. The second kappa shape index (κ2) is 8.53. The van der Waals surface area contributed by atoms with E-state index in [1.807, 2.05) is 0 Å². The van der Waals surface area contributed by atoms with E-state index in [1.54, 1.807) is 24.3 Å². The molecule has 0 saturated carbocycles. The van der Waals surface area contributed by atoms with E-state index in [1.165, 1.54) is 12.2 Å². The Balaban J connectivity index is 3.16. The molecule has 1 aromatic carbocycles. The van der Waals surface area contributed by atoms with Crippen LogP contribution in [0, 0.1) is 0 Å². The first-order valence-corrected chi connectivity index (χ1v) is 6.44. The Morgan fingerprint density at radius 2 is 1.38 bits per heavy atom. The fourth-order valence-electron chi connectivity index (χ4n) is 1.76. The second-order valence-electron chi connectivity index (χ2n) is 4.10. The molecule has 1 aromatic rings. The molecule has 0 atom stereocenters. The topological polar surface area (TPSA) is 52.6 Å². The molecule has 0 bridgehead atoms. The van der Waals surface area contributed by atoms with E-state index in [-0.39, 0.29) is 13.2 Å². The summed E-state index contributed by atoms with van der Waals surface area (Å²) in [4.78, 5) is 24.0. The predicted octanol–water partition coefficient (Wildman–Crippen LogP) is 3.10. The van der Waals surface area contributed by atoms with Crippen molar-refractivity contribution in [1.29, 1.82) is 0 Å². The number of carbonyl (C=O) groups is 2. The number of rotatable bonds is 8. The molecule has 110 valence electrons. The summed E-state index contributed by atoms with van der Waals surface area (Å²) >= 11 is 0. The Hall–Kier alpha value is -2.62. The Morgan fingerprint density at radius 1 is 0.905 bits per heavy atom. The van der Waals surface area contributed by atoms with Crippen molar-refractivity contribution in [3.05, 3.63) is 72.9 Å². The van der Waals surface area contributed by atoms with Crippen molar-refractivity contribution in [1.82, 2.24) is 0 Å². The van der Waals surface area contributed by atoms with Gasteiger partial charge in [-0.05, 0) is 24.1 Å². The van der Waals surface area contributed by atoms with Crippen molar-refractivity contribution in [2.75, 3.05) is 13.2 Å². The average Bonchev–Trinajstić information content (AvgIpc) is 2.50. The largest absolute Gasteiger partial charge is 0.458 e. The van der Waals surface area contributed by atoms with Gasteiger partial charge in [-0.1, -0.05) is 37.5 Å². The van der Waals surface area contributed by atoms with Crippen LogP contribution in [-0.4, -0.2) is 25.2 Å². The normalized spacial score (nSPS) is 9.52. The molecule has 0 fully saturated rings. The molecule has 0 aromatic heterocycles. The van der Waals surface area contributed by atoms with Crippen molar-refractivity contribution < 1.29 is 19.1 Å². The van der Waals surface area contributed by atoms with Crippen LogP contribution in [-0.2, 0) is 15.9 Å². The maximum absolute atomic E-state index is 12.0. The van der Waals surface area contributed by atoms with Gasteiger partial charge in [-0.25, -0.2) is 9.59 Å². The van der Waals surface area contributed by atoms with Crippen LogP contribution < -0.4 is 0 Å². The molecule has 0 amide bonds. The quantitative estimate of drug-likeness (QED) is 0.544. The lowest BCUT2D eigenvalue weighted by Crippen LogP contribution is -2.14. The van der Waals surface area contributed by atoms with Gasteiger partial charge in [-0.2, -0.15) is 0 Å². The van der Waals surface area contributed by atoms with Crippen LogP contribution in [0.2, 0.25) is 0 Å². The van der Waals surface area contributed by atoms with Gasteiger partial charge in [0, 0.05) is 0 Å². The standard InChI is InChI=1S/C17H18O4/c1-4-8-13-14(16(18)20-11-5-2)9-7-10-15(13)17(19)21-12-6-3/h4-7,9-10H,1-3,8,11-12H2. The SMILES string of the molecule is C=CCOC(=O)c1cccc(C(=O)OCC=C)c1CC=C. The maximum atomic E-state index is 12.0. The van der Waals surface area contributed by atoms with Crippen LogP contribution >= 0.6 is 0 Å². The maximum Gasteiger partial charge on any atom is 0.338 e. The zero-order valence-corrected chi connectivity index (χ0v) is 11.8. The number of ether oxygens (including phenoxy) is 2. The molecule has 1 rings (SSSR count). The monoisotopic (exact) mass is 286 g/mol. The Morgan fingerprint density at radius 3 is 1.76 bits per heavy atom. The van der Waals surface area contributed by atoms with Crippen molar-refractivity contribution in [3.63, 3.8) is 0 Å². The minimum Gasteiger partial charge on any atom is -0.458 e. The molecule has 0 unspecified atom stereocenters. The van der Waals surface area contributed by atoms with Gasteiger partial charge < -0.3 is 9.47 Å². The van der Waals surface area contributed by atoms with Gasteiger partial charge in [-0.3, -0.25) is 0 Å². The first kappa shape index (κ1) is 16.4. The molecule has 0 aliphatic heterocycles. The molecule has 4 nitrogen and oxygen atoms in total. The van der Waals surface area contributed by atoms with Gasteiger partial charge in [0.1, 0.15) is 13.2 Å². The molecule has 0 N–H and O–H groups in total. The third-order valence-corrected chi connectivity index (χ3v) is 2.63. The molecule has 21 heavy (non-hydrogen) atoms. The molecule has 0 aliphatic rings. The summed E-state index contributed by atoms with van der Waals surface area (Å²) in [5.41, 5.74) is 1.19. The summed E-state index contributed by atoms with van der Waals surface area (Å²) in [6, 6.07) is 4.82. The van der Waals surface area contributed by atoms with E-state index in [4.69, 9.17) is 9.47 Å². The zero-order valence-electron chi connectivity index (χ0n) is 11.8. The van der Waals surface area contributed by atoms with Gasteiger partial charge in [0.25, 0.3) is 0 Å². The number of carbonyl (C=O) groups excluding carboxylic acids is 2. The van der Waals surface area contributed by atoms with Crippen LogP contribution in [0.4, 0.5) is 0 Å². The molecule has 4 heteroatoms. The summed E-state index contributed by atoms with van der Waals surface area (Å²) in [5.74, 6) is -1.02. The fourth-order valence-corrected chi connectivity index (χ4v) is 1.76. The highest BCUT2D eigenvalue weighted by Crippen LogP contribution is 2.18. The number of benzene rings is 1. The number of esters is 2. The van der Waals surface area contributed by atoms with E-state index < -0.39 is 11.9 Å². The van der Waals surface area contributed by atoms with E-state index in [2.05, 4.69) is 19.7 Å². The summed E-state index contributed by atoms with van der Waals surface area (Å²) < 4.78 is 10.0. The molecular formula is C17H18O4. The lowest BCUT2D eigenvalue weighted by atomic mass is 9.98. The first-order chi connectivity index (χ1) is 10.2. The van der Waals surface area contributed by atoms with Gasteiger partial charge in [0.15, 0.2) is 0 Å². The van der Waals surface area contributed by atoms with E-state index in [0.717, 1.165) is 0 Å². The zero-order chi connectivity index (χ0) is 15.7. The molecule has 0 spiro atoms. The molecule has 0 aliphatic carbocycles. The number of hydrogen-bond donors (Lipinski definition) is 0. The molecule has 0 radical (unpaired) electrons. The van der Waals surface area contributed by atoms with Gasteiger partial charge in [0.2, 0.25) is 0 Å². The summed E-state index contributed by atoms with van der Waals surface area (Å²) in [6.07, 6.45) is 4.93. The first-order valence-electron chi connectivity index (χ1n) is 6.44. The molecule has 0 saturated heterocycles. The summed E-state index contributed by atoms with van der Waals surface area (Å²) in [6.45, 7) is 10.8. The van der Waals surface area contributed by atoms with Crippen LogP contribution in [0.25, 0.3) is 0 Å². The lowest BCUT2D eigenvalue weighted by molar-refractivity contribution is 0.0546. The van der Waals surface area contributed by atoms with Crippen LogP contribution in [0.1, 0.15) is 26.3 Å². The van der Waals surface area contributed by atoms with Crippen molar-refractivity contribution in [3.8, 4) is 0 Å². The lowest BCUT2D eigenvalue weighted by Gasteiger charge is -2.12. The smallest absolute Gasteiger partial charge is 0.338 e. The van der Waals surface area contributed by atoms with Gasteiger partial charge in [0.05, 0.1) is 11.1 Å². The third-order valence-electron chi connectivity index (χ3n) is 2.63. The fraction of sp³-hybridized carbons (Fsp3) is 0.176. The van der Waals surface area contributed by atoms with Gasteiger partial charge in [-0.15, -0.1) is 6.58 Å². The predicted molar refractivity (Wildman–Crippen MR) is 81.3 cm³/mol. The Labute approximate surface area is 124 Å². The second-order valence-corrected chi connectivity index (χ2v) is 4.10. The Kier molecular flexibility index (Phi) is 6.68. The highest BCUT2D eigenvalue weighted by molar-refractivity contribution is 5.98. The van der Waals surface area contributed by atoms with E-state index in [9.17, 15) is 9.59 Å². The minimum atomic E-state index is -0.509. The van der Waals surface area contributed by atoms with Gasteiger partial charge >= 0.3 is 11.9 Å². The number of allylic oxidation sites excluding steroid dienone is 1. The Bertz CT molecular complexity index is 516. The summed E-state index contributed by atoms with van der Waals surface area (Å²) in [5, 5.41) is 0. The summed E-state index contributed by atoms with van der Waals surface area (Å²) in [7, 11) is 0. The minimum absolute atomic E-state index is 0.109. The molecular weight excluding hydrogens is 268 g/mol. The van der Waals surface area contributed by atoms with Crippen molar-refractivity contribution in [2.45, 2.75) is 6.42 Å².